The number of alkyl halides is 2. The van der Waals surface area contributed by atoms with Crippen molar-refractivity contribution in [1.29, 1.82) is 0 Å². The Morgan fingerprint density at radius 2 is 1.92 bits per heavy atom. The lowest BCUT2D eigenvalue weighted by Gasteiger charge is -2.36. The van der Waals surface area contributed by atoms with E-state index in [9.17, 15) is 30.8 Å². The number of piperidine rings is 1. The molecular formula is C24H25F5N2O5S. The molecule has 7 nitrogen and oxygen atoms in total. The van der Waals surface area contributed by atoms with E-state index < -0.39 is 75.5 Å². The predicted molar refractivity (Wildman–Crippen MR) is 123 cm³/mol. The van der Waals surface area contributed by atoms with Gasteiger partial charge in [0.1, 0.15) is 17.8 Å². The molecule has 2 aliphatic rings. The molecule has 3 unspecified atom stereocenters. The Balaban J connectivity index is 1.63. The van der Waals surface area contributed by atoms with Crippen molar-refractivity contribution >= 4 is 16.0 Å². The summed E-state index contributed by atoms with van der Waals surface area (Å²) in [7, 11) is -4.47. The van der Waals surface area contributed by atoms with Gasteiger partial charge in [-0.2, -0.15) is 0 Å². The average molecular weight is 549 g/mol. The highest BCUT2D eigenvalue weighted by molar-refractivity contribution is 7.91. The summed E-state index contributed by atoms with van der Waals surface area (Å²) < 4.78 is 105. The number of hydrogen-bond acceptors (Lipinski definition) is 5. The van der Waals surface area contributed by atoms with Crippen LogP contribution in [0.1, 0.15) is 31.2 Å². The van der Waals surface area contributed by atoms with Gasteiger partial charge >= 0.3 is 5.97 Å². The van der Waals surface area contributed by atoms with Crippen LogP contribution >= 0.6 is 0 Å². The Kier molecular flexibility index (Phi) is 7.77. The summed E-state index contributed by atoms with van der Waals surface area (Å²) in [6.45, 7) is -0.281. The summed E-state index contributed by atoms with van der Waals surface area (Å²) in [5, 5.41) is 9.29. The number of nitrogens with one attached hydrogen (secondary N) is 2. The van der Waals surface area contributed by atoms with Crippen LogP contribution in [0.2, 0.25) is 0 Å². The molecule has 2 aromatic rings. The third-order valence-electron chi connectivity index (χ3n) is 6.45. The number of carboxylic acid groups (broad SMARTS) is 1. The lowest BCUT2D eigenvalue weighted by Crippen LogP contribution is -2.60. The van der Waals surface area contributed by atoms with Crippen LogP contribution in [0.25, 0.3) is 11.1 Å². The number of rotatable bonds is 10. The SMILES string of the molecule is O=C(O)CCOc1c(F)cc(F)cc1-c1cccc(CC2NCCC(F)C2NS(=O)(=O)C2(F)CC2)c1F. The van der Waals surface area contributed by atoms with Crippen LogP contribution in [0, 0.1) is 17.5 Å². The lowest BCUT2D eigenvalue weighted by atomic mass is 9.90. The molecule has 1 aliphatic heterocycles. The monoisotopic (exact) mass is 548 g/mol. The summed E-state index contributed by atoms with van der Waals surface area (Å²) in [4.78, 5) is 10.8. The van der Waals surface area contributed by atoms with Gasteiger partial charge in [-0.25, -0.2) is 35.1 Å². The quantitative estimate of drug-likeness (QED) is 0.392. The van der Waals surface area contributed by atoms with Crippen molar-refractivity contribution < 1.29 is 45.0 Å². The number of hydrogen-bond donors (Lipinski definition) is 3. The van der Waals surface area contributed by atoms with Gasteiger partial charge in [0.05, 0.1) is 19.1 Å². The standard InChI is InChI=1S/C24H25F5N2O5S/c25-14-11-16(23(18(27)12-14)36-9-5-20(32)33)15-3-1-2-13(21(15)28)10-19-22(17(26)4-8-30-19)31-37(34,35)24(29)6-7-24/h1-3,11-12,17,19,22,30-31H,4-10H2,(H,32,33). The number of carbonyl (C=O) groups is 1. The van der Waals surface area contributed by atoms with Crippen molar-refractivity contribution in [3.63, 3.8) is 0 Å². The second kappa shape index (κ2) is 10.5. The van der Waals surface area contributed by atoms with E-state index in [-0.39, 0.29) is 48.9 Å². The Labute approximate surface area is 210 Å². The van der Waals surface area contributed by atoms with Gasteiger partial charge in [0.25, 0.3) is 0 Å². The zero-order valence-electron chi connectivity index (χ0n) is 19.4. The van der Waals surface area contributed by atoms with Gasteiger partial charge in [-0.1, -0.05) is 18.2 Å². The molecule has 1 saturated carbocycles. The van der Waals surface area contributed by atoms with Crippen molar-refractivity contribution in [1.82, 2.24) is 10.0 Å². The average Bonchev–Trinajstić information content (AvgIpc) is 3.58. The maximum absolute atomic E-state index is 15.7. The van der Waals surface area contributed by atoms with Gasteiger partial charge in [0.2, 0.25) is 15.0 Å². The second-order valence-corrected chi connectivity index (χ2v) is 11.1. The Morgan fingerprint density at radius 1 is 1.19 bits per heavy atom. The molecule has 0 spiro atoms. The number of carboxylic acids is 1. The fraction of sp³-hybridized carbons (Fsp3) is 0.458. The summed E-state index contributed by atoms with van der Waals surface area (Å²) in [5.41, 5.74) is -0.574. The van der Waals surface area contributed by atoms with Gasteiger partial charge in [-0.3, -0.25) is 4.79 Å². The van der Waals surface area contributed by atoms with E-state index in [0.29, 0.717) is 6.07 Å². The number of sulfonamides is 1. The topological polar surface area (TPSA) is 105 Å². The first-order chi connectivity index (χ1) is 17.4. The van der Waals surface area contributed by atoms with Crippen LogP contribution in [-0.4, -0.2) is 55.9 Å². The number of aliphatic carboxylic acids is 1. The van der Waals surface area contributed by atoms with E-state index in [4.69, 9.17) is 9.84 Å². The fourth-order valence-electron chi connectivity index (χ4n) is 4.30. The van der Waals surface area contributed by atoms with E-state index in [0.717, 1.165) is 6.07 Å². The third kappa shape index (κ3) is 5.88. The molecule has 1 aliphatic carbocycles. The van der Waals surface area contributed by atoms with E-state index in [1.807, 2.05) is 0 Å². The van der Waals surface area contributed by atoms with Gasteiger partial charge in [-0.05, 0) is 31.0 Å². The summed E-state index contributed by atoms with van der Waals surface area (Å²) in [5.74, 6) is -4.85. The van der Waals surface area contributed by atoms with Crippen LogP contribution in [-0.2, 0) is 21.2 Å². The molecule has 37 heavy (non-hydrogen) atoms. The van der Waals surface area contributed by atoms with Crippen molar-refractivity contribution in [2.45, 2.75) is 55.4 Å². The number of benzene rings is 2. The van der Waals surface area contributed by atoms with Crippen molar-refractivity contribution in [2.24, 2.45) is 0 Å². The first-order valence-corrected chi connectivity index (χ1v) is 13.1. The minimum Gasteiger partial charge on any atom is -0.489 e. The molecule has 0 aromatic heterocycles. The van der Waals surface area contributed by atoms with Crippen LogP contribution < -0.4 is 14.8 Å². The molecule has 0 radical (unpaired) electrons. The predicted octanol–water partition coefficient (Wildman–Crippen LogP) is 3.61. The fourth-order valence-corrected chi connectivity index (χ4v) is 5.82. The maximum Gasteiger partial charge on any atom is 0.306 e. The molecule has 3 N–H and O–H groups in total. The molecule has 202 valence electrons. The molecule has 2 fully saturated rings. The van der Waals surface area contributed by atoms with Gasteiger partial charge in [0.15, 0.2) is 11.6 Å². The van der Waals surface area contributed by atoms with Gasteiger partial charge in [0, 0.05) is 36.1 Å². The summed E-state index contributed by atoms with van der Waals surface area (Å²) in [6.07, 6.45) is -2.77. The molecule has 13 heteroatoms. The Morgan fingerprint density at radius 3 is 2.59 bits per heavy atom. The smallest absolute Gasteiger partial charge is 0.306 e. The summed E-state index contributed by atoms with van der Waals surface area (Å²) >= 11 is 0. The zero-order valence-corrected chi connectivity index (χ0v) is 20.3. The van der Waals surface area contributed by atoms with E-state index in [1.165, 1.54) is 18.2 Å². The molecular weight excluding hydrogens is 523 g/mol. The van der Waals surface area contributed by atoms with Gasteiger partial charge in [-0.15, -0.1) is 0 Å². The lowest BCUT2D eigenvalue weighted by molar-refractivity contribution is -0.137. The maximum atomic E-state index is 15.7. The number of halogens is 5. The largest absolute Gasteiger partial charge is 0.489 e. The van der Waals surface area contributed by atoms with E-state index >= 15 is 4.39 Å². The van der Waals surface area contributed by atoms with E-state index in [2.05, 4.69) is 10.0 Å². The van der Waals surface area contributed by atoms with Crippen LogP contribution in [0.3, 0.4) is 0 Å². The van der Waals surface area contributed by atoms with Crippen LogP contribution in [0.15, 0.2) is 30.3 Å². The highest BCUT2D eigenvalue weighted by atomic mass is 32.2. The highest BCUT2D eigenvalue weighted by Crippen LogP contribution is 2.44. The second-order valence-electron chi connectivity index (χ2n) is 9.13. The highest BCUT2D eigenvalue weighted by Gasteiger charge is 2.57. The molecule has 1 saturated heterocycles. The Hall–Kier alpha value is -2.77. The molecule has 0 bridgehead atoms. The zero-order chi connectivity index (χ0) is 27.0. The molecule has 2 aromatic carbocycles. The van der Waals surface area contributed by atoms with Crippen LogP contribution in [0.5, 0.6) is 5.75 Å². The van der Waals surface area contributed by atoms with Crippen LogP contribution in [0.4, 0.5) is 22.0 Å². The minimum absolute atomic E-state index is 0.0177. The number of ether oxygens (including phenoxy) is 1. The first kappa shape index (κ1) is 27.3. The van der Waals surface area contributed by atoms with Crippen molar-refractivity contribution in [3.8, 4) is 16.9 Å². The summed E-state index contributed by atoms with van der Waals surface area (Å²) in [6, 6.07) is 3.04. The molecule has 0 amide bonds. The first-order valence-electron chi connectivity index (χ1n) is 11.6. The van der Waals surface area contributed by atoms with Crippen molar-refractivity contribution in [3.05, 3.63) is 53.3 Å². The Bertz CT molecular complexity index is 1290. The third-order valence-corrected chi connectivity index (χ3v) is 8.40. The van der Waals surface area contributed by atoms with E-state index in [1.54, 1.807) is 0 Å². The molecule has 4 rings (SSSR count). The minimum atomic E-state index is -4.47. The normalized spacial score (nSPS) is 23.0. The van der Waals surface area contributed by atoms with Gasteiger partial charge < -0.3 is 15.2 Å². The molecule has 3 atom stereocenters. The molecule has 1 heterocycles. The van der Waals surface area contributed by atoms with Crippen molar-refractivity contribution in [2.75, 3.05) is 13.2 Å².